The number of likely N-dealkylation sites (tertiary alicyclic amines) is 1. The third-order valence-electron chi connectivity index (χ3n) is 6.10. The number of nitriles is 1. The molecule has 0 radical (unpaired) electrons. The maximum absolute atomic E-state index is 13.7. The molecule has 1 aliphatic heterocycles. The number of piperidine rings is 1. The van der Waals surface area contributed by atoms with Gasteiger partial charge in [-0.05, 0) is 38.2 Å². The van der Waals surface area contributed by atoms with E-state index in [2.05, 4.69) is 26.3 Å². The van der Waals surface area contributed by atoms with Crippen LogP contribution in [-0.4, -0.2) is 44.4 Å². The number of nitrogen functional groups attached to an aromatic ring is 1. The van der Waals surface area contributed by atoms with Crippen LogP contribution in [0, 0.1) is 31.1 Å². The van der Waals surface area contributed by atoms with E-state index in [-0.39, 0.29) is 29.4 Å². The molecule has 5 rings (SSSR count). The number of carbonyl (C=O) groups is 1. The number of hydrogen-bond acceptors (Lipinski definition) is 8. The normalized spacial score (nSPS) is 21.2. The fraction of sp³-hybridized carbons (Fsp3) is 0.348. The molecule has 0 spiro atoms. The molecule has 1 aromatic carbocycles. The summed E-state index contributed by atoms with van der Waals surface area (Å²) in [5.74, 6) is 1.04. The van der Waals surface area contributed by atoms with Crippen LogP contribution < -0.4 is 11.1 Å². The molecule has 3 atom stereocenters. The number of aromatic nitrogens is 3. The van der Waals surface area contributed by atoms with Gasteiger partial charge in [0.05, 0.1) is 22.1 Å². The number of carbonyl (C=O) groups excluding carboxylic acids is 1. The zero-order valence-electron chi connectivity index (χ0n) is 17.9. The number of benzene rings is 1. The van der Waals surface area contributed by atoms with E-state index in [0.717, 1.165) is 33.9 Å². The Kier molecular flexibility index (Phi) is 5.02. The van der Waals surface area contributed by atoms with Crippen LogP contribution >= 0.6 is 11.3 Å². The molecule has 1 aliphatic carbocycles. The molecule has 0 unspecified atom stereocenters. The molecule has 2 aromatic heterocycles. The van der Waals surface area contributed by atoms with Crippen molar-refractivity contribution in [3.05, 3.63) is 52.3 Å². The minimum absolute atomic E-state index is 0.0112. The molecule has 3 heterocycles. The summed E-state index contributed by atoms with van der Waals surface area (Å²) >= 11 is 1.56. The Hall–Kier alpha value is -3.51. The van der Waals surface area contributed by atoms with E-state index in [1.165, 1.54) is 6.20 Å². The summed E-state index contributed by atoms with van der Waals surface area (Å²) in [6.45, 7) is 4.51. The fourth-order valence-corrected chi connectivity index (χ4v) is 5.42. The van der Waals surface area contributed by atoms with Gasteiger partial charge in [-0.15, -0.1) is 11.3 Å². The van der Waals surface area contributed by atoms with Crippen molar-refractivity contribution in [1.82, 2.24) is 19.9 Å². The van der Waals surface area contributed by atoms with E-state index < -0.39 is 0 Å². The highest BCUT2D eigenvalue weighted by molar-refractivity contribution is 7.15. The van der Waals surface area contributed by atoms with Gasteiger partial charge in [-0.25, -0.2) is 9.97 Å². The molecule has 3 N–H and O–H groups in total. The van der Waals surface area contributed by atoms with Crippen LogP contribution in [0.5, 0.6) is 0 Å². The highest BCUT2D eigenvalue weighted by Crippen LogP contribution is 2.49. The van der Waals surface area contributed by atoms with Crippen LogP contribution in [0.3, 0.4) is 0 Å². The Labute approximate surface area is 190 Å². The van der Waals surface area contributed by atoms with Gasteiger partial charge in [0.1, 0.15) is 23.1 Å². The third kappa shape index (κ3) is 3.67. The molecule has 2 aliphatic rings. The zero-order valence-corrected chi connectivity index (χ0v) is 18.7. The number of rotatable bonds is 5. The number of aryl methyl sites for hydroxylation is 2. The van der Waals surface area contributed by atoms with Crippen molar-refractivity contribution in [1.29, 1.82) is 5.26 Å². The first-order valence-corrected chi connectivity index (χ1v) is 11.4. The first-order chi connectivity index (χ1) is 15.4. The van der Waals surface area contributed by atoms with E-state index in [4.69, 9.17) is 11.0 Å². The van der Waals surface area contributed by atoms with Crippen LogP contribution in [0.4, 0.5) is 11.8 Å². The van der Waals surface area contributed by atoms with Gasteiger partial charge in [0.25, 0.3) is 5.91 Å². The molecule has 1 amide bonds. The summed E-state index contributed by atoms with van der Waals surface area (Å²) in [6.07, 6.45) is 3.40. The maximum atomic E-state index is 13.7. The number of fused-ring (bicyclic) bond motifs is 1. The molecule has 2 fully saturated rings. The predicted molar refractivity (Wildman–Crippen MR) is 123 cm³/mol. The number of nitrogens with zero attached hydrogens (tertiary/aromatic N) is 5. The van der Waals surface area contributed by atoms with Crippen molar-refractivity contribution in [2.75, 3.05) is 17.6 Å². The smallest absolute Gasteiger partial charge is 0.274 e. The molecular formula is C23H23N7OS. The minimum atomic E-state index is -0.0112. The number of anilines is 2. The minimum Gasteiger partial charge on any atom is -0.382 e. The van der Waals surface area contributed by atoms with Gasteiger partial charge in [0.15, 0.2) is 0 Å². The summed E-state index contributed by atoms with van der Waals surface area (Å²) in [5.41, 5.74) is 8.76. The Balaban J connectivity index is 1.38. The average Bonchev–Trinajstić information content (AvgIpc) is 3.26. The highest BCUT2D eigenvalue weighted by Gasteiger charge is 2.54. The topological polar surface area (TPSA) is 121 Å². The van der Waals surface area contributed by atoms with Gasteiger partial charge >= 0.3 is 0 Å². The van der Waals surface area contributed by atoms with Gasteiger partial charge in [0.2, 0.25) is 5.95 Å². The first kappa shape index (κ1) is 20.4. The molecule has 3 aromatic rings. The SMILES string of the molecule is Cc1cccc(-c2sc(C)nc2C(=O)N2[C@H](CNc3ncc(C#N)c(N)n3)C[C@H]3C[C@@H]32)c1. The Bertz CT molecular complexity index is 1250. The lowest BCUT2D eigenvalue weighted by Gasteiger charge is -2.27. The first-order valence-electron chi connectivity index (χ1n) is 10.6. The number of hydrogen-bond donors (Lipinski definition) is 2. The Morgan fingerprint density at radius 1 is 1.34 bits per heavy atom. The van der Waals surface area contributed by atoms with E-state index in [1.54, 1.807) is 11.3 Å². The lowest BCUT2D eigenvalue weighted by molar-refractivity contribution is 0.0704. The number of nitrogens with two attached hydrogens (primary N) is 1. The van der Waals surface area contributed by atoms with Crippen molar-refractivity contribution in [2.24, 2.45) is 5.92 Å². The average molecular weight is 446 g/mol. The van der Waals surface area contributed by atoms with E-state index in [0.29, 0.717) is 24.1 Å². The summed E-state index contributed by atoms with van der Waals surface area (Å²) < 4.78 is 0. The van der Waals surface area contributed by atoms with Gasteiger partial charge in [-0.2, -0.15) is 10.2 Å². The summed E-state index contributed by atoms with van der Waals surface area (Å²) in [7, 11) is 0. The second-order valence-corrected chi connectivity index (χ2v) is 9.63. The Morgan fingerprint density at radius 2 is 2.19 bits per heavy atom. The lowest BCUT2D eigenvalue weighted by atomic mass is 10.1. The van der Waals surface area contributed by atoms with Crippen molar-refractivity contribution in [2.45, 2.75) is 38.8 Å². The van der Waals surface area contributed by atoms with Crippen LogP contribution in [0.25, 0.3) is 10.4 Å². The quantitative estimate of drug-likeness (QED) is 0.617. The molecular weight excluding hydrogens is 422 g/mol. The monoisotopic (exact) mass is 445 g/mol. The van der Waals surface area contributed by atoms with Gasteiger partial charge in [0, 0.05) is 12.6 Å². The molecule has 0 bridgehead atoms. The van der Waals surface area contributed by atoms with E-state index >= 15 is 0 Å². The van der Waals surface area contributed by atoms with Crippen LogP contribution in [0.1, 0.15) is 39.5 Å². The molecule has 1 saturated heterocycles. The second-order valence-electron chi connectivity index (χ2n) is 8.43. The Morgan fingerprint density at radius 3 is 2.94 bits per heavy atom. The van der Waals surface area contributed by atoms with Crippen molar-refractivity contribution in [3.63, 3.8) is 0 Å². The lowest BCUT2D eigenvalue weighted by Crippen LogP contribution is -2.42. The van der Waals surface area contributed by atoms with Gasteiger partial charge < -0.3 is 16.0 Å². The van der Waals surface area contributed by atoms with E-state index in [1.807, 2.05) is 43.0 Å². The number of thiazole rings is 1. The zero-order chi connectivity index (χ0) is 22.4. The van der Waals surface area contributed by atoms with Crippen molar-refractivity contribution >= 4 is 29.0 Å². The van der Waals surface area contributed by atoms with Gasteiger partial charge in [-0.1, -0.05) is 29.8 Å². The van der Waals surface area contributed by atoms with Crippen molar-refractivity contribution < 1.29 is 4.79 Å². The number of nitrogens with one attached hydrogen (secondary N) is 1. The van der Waals surface area contributed by atoms with Crippen molar-refractivity contribution in [3.8, 4) is 16.5 Å². The molecule has 162 valence electrons. The fourth-order valence-electron chi connectivity index (χ4n) is 4.51. The highest BCUT2D eigenvalue weighted by atomic mass is 32.1. The van der Waals surface area contributed by atoms with E-state index in [9.17, 15) is 4.79 Å². The molecule has 9 heteroatoms. The number of amides is 1. The van der Waals surface area contributed by atoms with Crippen LogP contribution in [0.2, 0.25) is 0 Å². The second kappa shape index (κ2) is 7.88. The van der Waals surface area contributed by atoms with Crippen LogP contribution in [0.15, 0.2) is 30.5 Å². The van der Waals surface area contributed by atoms with Gasteiger partial charge in [-0.3, -0.25) is 4.79 Å². The summed E-state index contributed by atoms with van der Waals surface area (Å²) in [6, 6.07) is 10.4. The molecule has 8 nitrogen and oxygen atoms in total. The summed E-state index contributed by atoms with van der Waals surface area (Å²) in [5, 5.41) is 13.1. The molecule has 1 saturated carbocycles. The molecule has 32 heavy (non-hydrogen) atoms. The predicted octanol–water partition coefficient (Wildman–Crippen LogP) is 3.39. The van der Waals surface area contributed by atoms with Crippen LogP contribution in [-0.2, 0) is 0 Å². The maximum Gasteiger partial charge on any atom is 0.274 e. The summed E-state index contributed by atoms with van der Waals surface area (Å²) in [4.78, 5) is 29.6. The third-order valence-corrected chi connectivity index (χ3v) is 7.12. The largest absolute Gasteiger partial charge is 0.382 e. The standard InChI is InChI=1S/C23H23N7OS/c1-12-4-3-5-14(6-12)20-19(28-13(2)32-20)22(31)30-17(7-15-8-18(15)30)11-27-23-26-10-16(9-24)21(25)29-23/h3-6,10,15,17-18H,7-8,11H2,1-2H3,(H3,25,26,27,29)/t15-,17-,18-/m0/s1.